The molecule has 0 radical (unpaired) electrons. The molecule has 10 rings (SSSR count). The van der Waals surface area contributed by atoms with Crippen LogP contribution in [0.5, 0.6) is 0 Å². The molecule has 4 unspecified atom stereocenters. The number of hydrogen-bond acceptors (Lipinski definition) is 1. The molecule has 0 saturated carbocycles. The summed E-state index contributed by atoms with van der Waals surface area (Å²) in [6, 6.07) is 48.5. The van der Waals surface area contributed by atoms with Crippen LogP contribution in [0, 0.1) is 35.8 Å². The largest absolute Gasteiger partial charge is 0.334 e. The van der Waals surface area contributed by atoms with Crippen molar-refractivity contribution in [1.29, 1.82) is 0 Å². The summed E-state index contributed by atoms with van der Waals surface area (Å²) in [7, 11) is 0. The fraction of sp³-hybridized carbons (Fsp3) is 0.245. The molecule has 0 spiro atoms. The maximum absolute atomic E-state index is 3.84. The van der Waals surface area contributed by atoms with Crippen molar-refractivity contribution in [2.75, 3.05) is 11.4 Å². The topological polar surface area (TPSA) is 3.24 Å². The zero-order chi connectivity index (χ0) is 36.2. The van der Waals surface area contributed by atoms with Gasteiger partial charge in [0.05, 0.1) is 5.69 Å². The first-order valence-corrected chi connectivity index (χ1v) is 20.4. The standard InChI is InChI=1S/C53H47N/c1-3-5-19-41(39-29-28-36-15-6-7-17-38(36)32-39)35(4-2)34-54(51-27-12-18-37-16-8-9-20-42(37)51)40-30-31-44-47-24-14-25-48-49-26-13-23-46(53(49)50(44)33-40)43-21-10-11-22-45(43)52(47)48/h6-18,20-27,29,33,35-36,38,41H,3-5,19,28,32,34H2,1-2H3. The Balaban J connectivity index is 1.14. The van der Waals surface area contributed by atoms with Crippen LogP contribution in [0.25, 0.3) is 66.4 Å². The SMILES string of the molecule is CCCCC(C1=CCC2C=CC=CC2C1)C(CC)CN(c1c#cc2c(c1)-c1c3cccc1-c1cccc-2c1-c1ccccc1-3)c1cccc2ccccc12. The molecule has 6 bridgehead atoms. The number of hydrogen-bond donors (Lipinski definition) is 0. The highest BCUT2D eigenvalue weighted by Gasteiger charge is 2.34. The lowest BCUT2D eigenvalue weighted by molar-refractivity contribution is 0.314. The van der Waals surface area contributed by atoms with Gasteiger partial charge < -0.3 is 4.90 Å². The molecule has 0 fully saturated rings. The lowest BCUT2D eigenvalue weighted by Gasteiger charge is -2.38. The van der Waals surface area contributed by atoms with Gasteiger partial charge in [0, 0.05) is 28.7 Å². The molecular formula is C53H47N. The summed E-state index contributed by atoms with van der Waals surface area (Å²) in [5.74, 6) is 2.31. The predicted octanol–water partition coefficient (Wildman–Crippen LogP) is 14.5. The Labute approximate surface area is 321 Å². The number of rotatable bonds is 10. The van der Waals surface area contributed by atoms with E-state index in [-0.39, 0.29) is 0 Å². The third kappa shape index (κ3) is 5.38. The quantitative estimate of drug-likeness (QED) is 0.129. The second-order valence-electron chi connectivity index (χ2n) is 15.9. The van der Waals surface area contributed by atoms with E-state index in [1.165, 1.54) is 92.2 Å². The Kier molecular flexibility index (Phi) is 8.37. The third-order valence-corrected chi connectivity index (χ3v) is 13.0. The van der Waals surface area contributed by atoms with Gasteiger partial charge in [-0.05, 0) is 111 Å². The van der Waals surface area contributed by atoms with Crippen LogP contribution in [0.1, 0.15) is 52.4 Å². The van der Waals surface area contributed by atoms with Gasteiger partial charge >= 0.3 is 0 Å². The molecule has 4 atom stereocenters. The van der Waals surface area contributed by atoms with Crippen molar-refractivity contribution >= 4 is 22.1 Å². The third-order valence-electron chi connectivity index (χ3n) is 13.0. The zero-order valence-electron chi connectivity index (χ0n) is 31.5. The smallest absolute Gasteiger partial charge is 0.0934 e. The van der Waals surface area contributed by atoms with E-state index >= 15 is 0 Å². The van der Waals surface area contributed by atoms with Gasteiger partial charge in [-0.3, -0.25) is 0 Å². The first kappa shape index (κ1) is 33.0. The van der Waals surface area contributed by atoms with E-state index in [2.05, 4.69) is 170 Å². The van der Waals surface area contributed by atoms with E-state index in [1.54, 1.807) is 5.57 Å². The van der Waals surface area contributed by atoms with Crippen LogP contribution in [-0.2, 0) is 0 Å². The second-order valence-corrected chi connectivity index (χ2v) is 15.9. The summed E-state index contributed by atoms with van der Waals surface area (Å²) in [4.78, 5) is 2.62. The molecule has 0 saturated heterocycles. The van der Waals surface area contributed by atoms with Gasteiger partial charge in [-0.2, -0.15) is 0 Å². The van der Waals surface area contributed by atoms with Crippen LogP contribution >= 0.6 is 0 Å². The Bertz CT molecular complexity index is 2460. The number of allylic oxidation sites excluding steroid dienone is 6. The molecule has 264 valence electrons. The molecule has 6 aromatic carbocycles. The number of fused-ring (bicyclic) bond motifs is 6. The Morgan fingerprint density at radius 1 is 0.667 bits per heavy atom. The highest BCUT2D eigenvalue weighted by atomic mass is 15.1. The van der Waals surface area contributed by atoms with Crippen molar-refractivity contribution in [2.24, 2.45) is 23.7 Å². The number of nitrogens with zero attached hydrogens (tertiary/aromatic N) is 1. The van der Waals surface area contributed by atoms with E-state index in [4.69, 9.17) is 0 Å². The maximum atomic E-state index is 3.84. The summed E-state index contributed by atoms with van der Waals surface area (Å²) in [5, 5.41) is 2.55. The van der Waals surface area contributed by atoms with E-state index < -0.39 is 0 Å². The fourth-order valence-corrected chi connectivity index (χ4v) is 10.3. The Hall–Kier alpha value is -5.58. The van der Waals surface area contributed by atoms with Crippen LogP contribution in [0.4, 0.5) is 11.4 Å². The summed E-state index contributed by atoms with van der Waals surface area (Å²) in [6.07, 6.45) is 19.3. The van der Waals surface area contributed by atoms with E-state index in [0.717, 1.165) is 30.6 Å². The molecule has 6 aromatic rings. The van der Waals surface area contributed by atoms with Gasteiger partial charge in [0.25, 0.3) is 0 Å². The molecule has 0 amide bonds. The van der Waals surface area contributed by atoms with E-state index in [9.17, 15) is 0 Å². The van der Waals surface area contributed by atoms with Crippen LogP contribution in [0.3, 0.4) is 0 Å². The Morgan fingerprint density at radius 3 is 2.15 bits per heavy atom. The van der Waals surface area contributed by atoms with Gasteiger partial charge in [-0.15, -0.1) is 0 Å². The minimum Gasteiger partial charge on any atom is -0.334 e. The molecule has 0 heterocycles. The average molecular weight is 698 g/mol. The number of benzene rings is 5. The van der Waals surface area contributed by atoms with Crippen LogP contribution in [-0.4, -0.2) is 6.54 Å². The van der Waals surface area contributed by atoms with E-state index in [0.29, 0.717) is 23.7 Å². The number of anilines is 2. The van der Waals surface area contributed by atoms with Gasteiger partial charge in [0.15, 0.2) is 0 Å². The first-order valence-electron chi connectivity index (χ1n) is 20.4. The molecule has 4 aliphatic rings. The van der Waals surface area contributed by atoms with Crippen LogP contribution < -0.4 is 4.90 Å². The summed E-state index contributed by atoms with van der Waals surface area (Å²) in [5.41, 5.74) is 16.9. The van der Waals surface area contributed by atoms with Crippen molar-refractivity contribution in [2.45, 2.75) is 52.4 Å². The van der Waals surface area contributed by atoms with Gasteiger partial charge in [-0.25, -0.2) is 0 Å². The van der Waals surface area contributed by atoms with Crippen molar-refractivity contribution in [3.8, 4) is 55.6 Å². The van der Waals surface area contributed by atoms with Crippen molar-refractivity contribution in [1.82, 2.24) is 0 Å². The maximum Gasteiger partial charge on any atom is 0.0934 e. The normalized spacial score (nSPS) is 18.1. The predicted molar refractivity (Wildman–Crippen MR) is 229 cm³/mol. The first-order chi connectivity index (χ1) is 26.7. The average Bonchev–Trinajstić information content (AvgIpc) is 3.34. The minimum absolute atomic E-state index is 0.490. The highest BCUT2D eigenvalue weighted by molar-refractivity contribution is 6.14. The zero-order valence-corrected chi connectivity index (χ0v) is 31.5. The molecule has 1 heteroatoms. The van der Waals surface area contributed by atoms with Crippen molar-refractivity contribution in [3.05, 3.63) is 157 Å². The van der Waals surface area contributed by atoms with Crippen molar-refractivity contribution < 1.29 is 0 Å². The molecule has 0 N–H and O–H groups in total. The second kappa shape index (κ2) is 13.7. The van der Waals surface area contributed by atoms with Crippen molar-refractivity contribution in [3.63, 3.8) is 0 Å². The molecule has 54 heavy (non-hydrogen) atoms. The fourth-order valence-electron chi connectivity index (χ4n) is 10.3. The molecule has 4 aliphatic carbocycles. The van der Waals surface area contributed by atoms with Gasteiger partial charge in [0.1, 0.15) is 0 Å². The highest BCUT2D eigenvalue weighted by Crippen LogP contribution is 2.57. The van der Waals surface area contributed by atoms with Crippen LogP contribution in [0.2, 0.25) is 0 Å². The van der Waals surface area contributed by atoms with Gasteiger partial charge in [-0.1, -0.05) is 172 Å². The summed E-state index contributed by atoms with van der Waals surface area (Å²) in [6.45, 7) is 5.70. The molecule has 1 nitrogen and oxygen atoms in total. The number of unbranched alkanes of at least 4 members (excludes halogenated alkanes) is 1. The van der Waals surface area contributed by atoms with Crippen LogP contribution in [0.15, 0.2) is 145 Å². The molecule has 0 aromatic heterocycles. The lowest BCUT2D eigenvalue weighted by atomic mass is 9.70. The van der Waals surface area contributed by atoms with E-state index in [1.807, 2.05) is 0 Å². The van der Waals surface area contributed by atoms with Gasteiger partial charge in [0.2, 0.25) is 0 Å². The Morgan fingerprint density at radius 2 is 1.33 bits per heavy atom. The minimum atomic E-state index is 0.490. The lowest BCUT2D eigenvalue weighted by Crippen LogP contribution is -2.32. The molecule has 0 aliphatic heterocycles. The monoisotopic (exact) mass is 697 g/mol. The summed E-state index contributed by atoms with van der Waals surface area (Å²) >= 11 is 0. The summed E-state index contributed by atoms with van der Waals surface area (Å²) < 4.78 is 0. The molecular weight excluding hydrogens is 651 g/mol.